The first-order chi connectivity index (χ1) is 22.8. The molecule has 47 heavy (non-hydrogen) atoms. The molecule has 5 rings (SSSR count). The predicted octanol–water partition coefficient (Wildman–Crippen LogP) is 5.52. The summed E-state index contributed by atoms with van der Waals surface area (Å²) in [4.78, 5) is 30.1. The van der Waals surface area contributed by atoms with Gasteiger partial charge in [0.2, 0.25) is 11.8 Å². The number of sulfonamides is 1. The Labute approximate surface area is 277 Å². The van der Waals surface area contributed by atoms with Crippen molar-refractivity contribution in [3.63, 3.8) is 0 Å². The van der Waals surface area contributed by atoms with E-state index in [1.165, 1.54) is 17.0 Å². The molecule has 0 fully saturated rings. The van der Waals surface area contributed by atoms with E-state index in [1.807, 2.05) is 68.4 Å². The van der Waals surface area contributed by atoms with Crippen LogP contribution in [-0.4, -0.2) is 57.5 Å². The van der Waals surface area contributed by atoms with E-state index in [4.69, 9.17) is 9.47 Å². The summed E-state index contributed by atoms with van der Waals surface area (Å²) in [6, 6.07) is 29.1. The number of benzene rings is 4. The lowest BCUT2D eigenvalue weighted by atomic mass is 10.0. The van der Waals surface area contributed by atoms with Gasteiger partial charge < -0.3 is 19.7 Å². The van der Waals surface area contributed by atoms with E-state index in [-0.39, 0.29) is 29.5 Å². The predicted molar refractivity (Wildman–Crippen MR) is 182 cm³/mol. The standard InChI is InChI=1S/C37H41N3O6S/c1-3-4-21-38-37(42)33(24-29-14-7-5-8-15-29)39(26-30-16-12-11-13-28(30)2)36(41)27-40(47(43,44)32-17-9-6-10-18-32)31-19-20-34-35(25-31)46-23-22-45-34/h5-20,25,33H,3-4,21-24,26-27H2,1-2H3,(H,38,42). The molecule has 1 aliphatic heterocycles. The van der Waals surface area contributed by atoms with Crippen molar-refractivity contribution < 1.29 is 27.5 Å². The van der Waals surface area contributed by atoms with Crippen molar-refractivity contribution in [1.82, 2.24) is 10.2 Å². The molecule has 1 N–H and O–H groups in total. The highest BCUT2D eigenvalue weighted by Gasteiger charge is 2.35. The highest BCUT2D eigenvalue weighted by atomic mass is 32.2. The molecular weight excluding hydrogens is 614 g/mol. The van der Waals surface area contributed by atoms with Crippen LogP contribution in [0.25, 0.3) is 0 Å². The van der Waals surface area contributed by atoms with Crippen molar-refractivity contribution in [2.45, 2.75) is 50.6 Å². The largest absolute Gasteiger partial charge is 0.486 e. The summed E-state index contributed by atoms with van der Waals surface area (Å²) >= 11 is 0. The molecule has 246 valence electrons. The van der Waals surface area contributed by atoms with E-state index in [1.54, 1.807) is 36.4 Å². The van der Waals surface area contributed by atoms with Crippen LogP contribution in [0.15, 0.2) is 108 Å². The number of carbonyl (C=O) groups is 2. The van der Waals surface area contributed by atoms with Gasteiger partial charge in [-0.3, -0.25) is 13.9 Å². The minimum absolute atomic E-state index is 0.0336. The maximum Gasteiger partial charge on any atom is 0.264 e. The molecule has 0 aliphatic carbocycles. The number of nitrogens with zero attached hydrogens (tertiary/aromatic N) is 2. The van der Waals surface area contributed by atoms with Crippen molar-refractivity contribution in [3.05, 3.63) is 120 Å². The molecule has 1 heterocycles. The monoisotopic (exact) mass is 655 g/mol. The fraction of sp³-hybridized carbons (Fsp3) is 0.297. The molecule has 2 amide bonds. The molecule has 0 radical (unpaired) electrons. The topological polar surface area (TPSA) is 105 Å². The highest BCUT2D eigenvalue weighted by molar-refractivity contribution is 7.92. The molecule has 1 aliphatic rings. The average Bonchev–Trinajstić information content (AvgIpc) is 3.10. The zero-order chi connectivity index (χ0) is 33.2. The van der Waals surface area contributed by atoms with Crippen LogP contribution in [0.5, 0.6) is 11.5 Å². The van der Waals surface area contributed by atoms with Crippen molar-refractivity contribution in [1.29, 1.82) is 0 Å². The lowest BCUT2D eigenvalue weighted by Gasteiger charge is -2.34. The number of unbranched alkanes of at least 4 members (excludes halogenated alkanes) is 1. The van der Waals surface area contributed by atoms with Crippen molar-refractivity contribution in [2.75, 3.05) is 30.6 Å². The van der Waals surface area contributed by atoms with Gasteiger partial charge in [-0.05, 0) is 54.3 Å². The summed E-state index contributed by atoms with van der Waals surface area (Å²) in [5.41, 5.74) is 2.94. The number of amides is 2. The van der Waals surface area contributed by atoms with Gasteiger partial charge in [-0.2, -0.15) is 0 Å². The first-order valence-corrected chi connectivity index (χ1v) is 17.3. The number of hydrogen-bond acceptors (Lipinski definition) is 6. The molecule has 4 aromatic rings. The Balaban J connectivity index is 1.58. The Kier molecular flexibility index (Phi) is 11.2. The van der Waals surface area contributed by atoms with E-state index in [0.717, 1.165) is 33.8 Å². The van der Waals surface area contributed by atoms with E-state index < -0.39 is 28.5 Å². The number of anilines is 1. The Morgan fingerprint density at radius 2 is 1.51 bits per heavy atom. The summed E-state index contributed by atoms with van der Waals surface area (Å²) < 4.78 is 41.0. The normalized spacial score (nSPS) is 13.0. The Bertz CT molecular complexity index is 1770. The van der Waals surface area contributed by atoms with E-state index >= 15 is 0 Å². The molecular formula is C37H41N3O6S. The van der Waals surface area contributed by atoms with Crippen LogP contribution >= 0.6 is 0 Å². The Hall–Kier alpha value is -4.83. The summed E-state index contributed by atoms with van der Waals surface area (Å²) in [5.74, 6) is 0.0787. The van der Waals surface area contributed by atoms with Crippen molar-refractivity contribution in [3.8, 4) is 11.5 Å². The zero-order valence-electron chi connectivity index (χ0n) is 26.8. The van der Waals surface area contributed by atoms with Crippen LogP contribution in [0.3, 0.4) is 0 Å². The minimum atomic E-state index is -4.22. The van der Waals surface area contributed by atoms with E-state index in [0.29, 0.717) is 31.3 Å². The molecule has 0 bridgehead atoms. The highest BCUT2D eigenvalue weighted by Crippen LogP contribution is 2.36. The van der Waals surface area contributed by atoms with Gasteiger partial charge in [-0.1, -0.05) is 86.1 Å². The van der Waals surface area contributed by atoms with Gasteiger partial charge >= 0.3 is 0 Å². The first kappa shape index (κ1) is 33.5. The molecule has 10 heteroatoms. The van der Waals surface area contributed by atoms with Gasteiger partial charge in [-0.15, -0.1) is 0 Å². The van der Waals surface area contributed by atoms with E-state index in [9.17, 15) is 18.0 Å². The first-order valence-electron chi connectivity index (χ1n) is 15.9. The number of ether oxygens (including phenoxy) is 2. The second kappa shape index (κ2) is 15.6. The fourth-order valence-electron chi connectivity index (χ4n) is 5.47. The number of fused-ring (bicyclic) bond motifs is 1. The maximum atomic E-state index is 14.7. The Morgan fingerprint density at radius 1 is 0.851 bits per heavy atom. The van der Waals surface area contributed by atoms with Crippen molar-refractivity contribution in [2.24, 2.45) is 0 Å². The van der Waals surface area contributed by atoms with Gasteiger partial charge in [0.1, 0.15) is 25.8 Å². The number of aryl methyl sites for hydroxylation is 1. The van der Waals surface area contributed by atoms with Crippen LogP contribution in [-0.2, 0) is 32.6 Å². The summed E-state index contributed by atoms with van der Waals surface area (Å²) in [7, 11) is -4.22. The third kappa shape index (κ3) is 8.31. The number of nitrogens with one attached hydrogen (secondary N) is 1. The quantitative estimate of drug-likeness (QED) is 0.180. The molecule has 0 saturated heterocycles. The third-order valence-electron chi connectivity index (χ3n) is 8.13. The Morgan fingerprint density at radius 3 is 2.21 bits per heavy atom. The average molecular weight is 656 g/mol. The van der Waals surface area contributed by atoms with Crippen LogP contribution < -0.4 is 19.1 Å². The molecule has 4 aromatic carbocycles. The fourth-order valence-corrected chi connectivity index (χ4v) is 6.89. The molecule has 0 saturated carbocycles. The second-order valence-corrected chi connectivity index (χ2v) is 13.3. The number of hydrogen-bond donors (Lipinski definition) is 1. The van der Waals surface area contributed by atoms with Gasteiger partial charge in [0.05, 0.1) is 10.6 Å². The van der Waals surface area contributed by atoms with Gasteiger partial charge in [0.25, 0.3) is 10.0 Å². The van der Waals surface area contributed by atoms with E-state index in [2.05, 4.69) is 5.32 Å². The van der Waals surface area contributed by atoms with Crippen LogP contribution in [0.2, 0.25) is 0 Å². The third-order valence-corrected chi connectivity index (χ3v) is 9.91. The van der Waals surface area contributed by atoms with Gasteiger partial charge in [-0.25, -0.2) is 8.42 Å². The van der Waals surface area contributed by atoms with Gasteiger partial charge in [0, 0.05) is 25.6 Å². The van der Waals surface area contributed by atoms with Crippen LogP contribution in [0.4, 0.5) is 5.69 Å². The summed E-state index contributed by atoms with van der Waals surface area (Å²) in [6.45, 7) is 4.74. The molecule has 0 aromatic heterocycles. The SMILES string of the molecule is CCCCNC(=O)C(Cc1ccccc1)N(Cc1ccccc1C)C(=O)CN(c1ccc2c(c1)OCCO2)S(=O)(=O)c1ccccc1. The van der Waals surface area contributed by atoms with Crippen LogP contribution in [0.1, 0.15) is 36.5 Å². The molecule has 1 unspecified atom stereocenters. The minimum Gasteiger partial charge on any atom is -0.486 e. The second-order valence-electron chi connectivity index (χ2n) is 11.5. The lowest BCUT2D eigenvalue weighted by molar-refractivity contribution is -0.140. The molecule has 1 atom stereocenters. The van der Waals surface area contributed by atoms with Gasteiger partial charge in [0.15, 0.2) is 11.5 Å². The number of carbonyl (C=O) groups excluding carboxylic acids is 2. The maximum absolute atomic E-state index is 14.7. The molecule has 0 spiro atoms. The lowest BCUT2D eigenvalue weighted by Crippen LogP contribution is -2.53. The van der Waals surface area contributed by atoms with Crippen molar-refractivity contribution >= 4 is 27.5 Å². The smallest absolute Gasteiger partial charge is 0.264 e. The zero-order valence-corrected chi connectivity index (χ0v) is 27.6. The van der Waals surface area contributed by atoms with Crippen LogP contribution in [0, 0.1) is 6.92 Å². The summed E-state index contributed by atoms with van der Waals surface area (Å²) in [6.07, 6.45) is 1.95. The summed E-state index contributed by atoms with van der Waals surface area (Å²) in [5, 5.41) is 3.02. The molecule has 9 nitrogen and oxygen atoms in total. The number of rotatable bonds is 14.